The molecule has 0 amide bonds. The molecule has 4 N–H and O–H groups in total. The summed E-state index contributed by atoms with van der Waals surface area (Å²) < 4.78 is 53.4. The molecule has 1 fully saturated rings. The van der Waals surface area contributed by atoms with Gasteiger partial charge in [-0.25, -0.2) is 4.98 Å². The van der Waals surface area contributed by atoms with E-state index in [1.165, 1.54) is 18.3 Å². The van der Waals surface area contributed by atoms with Crippen molar-refractivity contribution in [3.05, 3.63) is 201 Å². The first kappa shape index (κ1) is 57.8. The van der Waals surface area contributed by atoms with E-state index in [4.69, 9.17) is 42.7 Å². The van der Waals surface area contributed by atoms with Crippen LogP contribution in [0, 0.1) is 5.41 Å². The lowest BCUT2D eigenvalue weighted by Crippen LogP contribution is -2.43. The zero-order valence-electron chi connectivity index (χ0n) is 45.9. The average molecular weight is 1140 g/mol. The normalized spacial score (nSPS) is 17.7. The molecule has 0 spiro atoms. The molecule has 18 heteroatoms. The van der Waals surface area contributed by atoms with Gasteiger partial charge in [0.05, 0.1) is 44.2 Å². The first-order valence-electron chi connectivity index (χ1n) is 26.1. The number of aromatic nitrogens is 2. The zero-order chi connectivity index (χ0) is 56.7. The molecule has 1 aliphatic rings. The van der Waals surface area contributed by atoms with Crippen molar-refractivity contribution >= 4 is 59.1 Å². The number of fused-ring (bicyclic) bond motifs is 1. The monoisotopic (exact) mass is 1140 g/mol. The lowest BCUT2D eigenvalue weighted by Gasteiger charge is -2.39. The van der Waals surface area contributed by atoms with E-state index in [0.717, 1.165) is 45.1 Å². The molecule has 2 aromatic heterocycles. The Balaban J connectivity index is 1.21. The van der Waals surface area contributed by atoms with E-state index < -0.39 is 48.7 Å². The standard InChI is InChI=1S/C62H66N4O11PS2/c1-9-59(2,3)57(68)79-37-36-75-78(70)76-38-51-54(67)60(4,69)55(77-51)53-52-50(39-80-53)56(65-61(40-16-12-10-13-17-40,42-20-28-46(71-5)29-21-42)43-22-30-47(72-6)31-23-43)64-58(63-52)66-62(41-18-14-11-15-19-41,44-24-32-48(73-7)33-25-44)45-26-34-49(74-8)35-27-45/h10-35,39,51,54-55,67,69H,9,36-38H2,1-8H3,(H2,63,64,65,66)/q+1/t51-,54-,55+,60-/m1/s1. The Kier molecular flexibility index (Phi) is 17.9. The highest BCUT2D eigenvalue weighted by Gasteiger charge is 2.55. The molecular weight excluding hydrogens is 1070 g/mol. The van der Waals surface area contributed by atoms with Gasteiger partial charge >= 0.3 is 8.25 Å². The Hall–Kier alpha value is -6.92. The second kappa shape index (κ2) is 24.8. The fourth-order valence-electron chi connectivity index (χ4n) is 9.94. The van der Waals surface area contributed by atoms with Gasteiger partial charge in [0.1, 0.15) is 77.0 Å². The van der Waals surface area contributed by atoms with E-state index >= 15 is 0 Å². The number of carbonyl (C=O) groups is 1. The number of anilines is 2. The zero-order valence-corrected chi connectivity index (χ0v) is 48.4. The molecule has 3 heterocycles. The number of carbonyl (C=O) groups excluding carboxylic acids is 1. The highest BCUT2D eigenvalue weighted by molar-refractivity contribution is 8.13. The molecule has 0 radical (unpaired) electrons. The topological polar surface area (TPSA) is 189 Å². The van der Waals surface area contributed by atoms with Crippen molar-refractivity contribution in [3.8, 4) is 23.0 Å². The second-order valence-corrected chi connectivity index (χ2v) is 23.0. The molecule has 1 saturated heterocycles. The Bertz CT molecular complexity index is 3270. The largest absolute Gasteiger partial charge is 0.697 e. The van der Waals surface area contributed by atoms with Crippen molar-refractivity contribution in [1.82, 2.24) is 9.97 Å². The third-order valence-electron chi connectivity index (χ3n) is 14.9. The lowest BCUT2D eigenvalue weighted by molar-refractivity contribution is -0.118. The van der Waals surface area contributed by atoms with Gasteiger partial charge in [-0.05, 0) is 95.3 Å². The van der Waals surface area contributed by atoms with E-state index in [1.807, 2.05) is 172 Å². The summed E-state index contributed by atoms with van der Waals surface area (Å²) in [5.41, 5.74) is 0.773. The highest BCUT2D eigenvalue weighted by atomic mass is 32.2. The van der Waals surface area contributed by atoms with Crippen molar-refractivity contribution in [2.45, 2.75) is 69.1 Å². The van der Waals surface area contributed by atoms with Crippen molar-refractivity contribution in [3.63, 3.8) is 0 Å². The number of aliphatic hydroxyl groups excluding tert-OH is 1. The SMILES string of the molecule is CCC(C)(C)C(=O)SCCO[P+](=O)OC[C@H]1O[C@@H](c2scc3c(NC(c4ccccc4)(c4ccc(OC)cc4)c4ccc(OC)cc4)nc(NC(c4ccccc4)(c4ccc(OC)cc4)c4ccc(OC)cc4)nc23)[C@](C)(O)[C@@H]1O. The van der Waals surface area contributed by atoms with Crippen LogP contribution in [0.3, 0.4) is 0 Å². The van der Waals surface area contributed by atoms with Crippen molar-refractivity contribution in [2.75, 3.05) is 58.0 Å². The number of hydrogen-bond acceptors (Lipinski definition) is 17. The number of benzene rings is 6. The van der Waals surface area contributed by atoms with E-state index in [-0.39, 0.29) is 30.0 Å². The summed E-state index contributed by atoms with van der Waals surface area (Å²) in [5.74, 6) is 3.56. The minimum atomic E-state index is -2.67. The molecule has 6 aromatic carbocycles. The summed E-state index contributed by atoms with van der Waals surface area (Å²) in [6, 6.07) is 51.5. The van der Waals surface area contributed by atoms with Gasteiger partial charge in [-0.3, -0.25) is 4.79 Å². The quantitative estimate of drug-likeness (QED) is 0.0254. The molecule has 416 valence electrons. The van der Waals surface area contributed by atoms with Crippen LogP contribution in [0.25, 0.3) is 10.9 Å². The second-order valence-electron chi connectivity index (χ2n) is 20.1. The number of nitrogens with zero attached hydrogens (tertiary/aromatic N) is 2. The van der Waals surface area contributed by atoms with Crippen molar-refractivity contribution in [1.29, 1.82) is 0 Å². The summed E-state index contributed by atoms with van der Waals surface area (Å²) in [5, 5.41) is 34.7. The van der Waals surface area contributed by atoms with Crippen molar-refractivity contribution < 1.29 is 52.3 Å². The maximum Gasteiger partial charge on any atom is 0.697 e. The summed E-state index contributed by atoms with van der Waals surface area (Å²) >= 11 is 2.41. The van der Waals surface area contributed by atoms with Crippen LogP contribution in [0.15, 0.2) is 163 Å². The maximum atomic E-state index is 13.1. The number of nitrogens with one attached hydrogen (secondary N) is 2. The number of ether oxygens (including phenoxy) is 5. The van der Waals surface area contributed by atoms with Gasteiger partial charge in [0, 0.05) is 21.1 Å². The van der Waals surface area contributed by atoms with Crippen LogP contribution in [-0.4, -0.2) is 90.5 Å². The van der Waals surface area contributed by atoms with Gasteiger partial charge in [-0.15, -0.1) is 20.4 Å². The van der Waals surface area contributed by atoms with E-state index in [1.54, 1.807) is 28.4 Å². The minimum Gasteiger partial charge on any atom is -0.497 e. The minimum absolute atomic E-state index is 0.00156. The van der Waals surface area contributed by atoms with Crippen LogP contribution in [0.4, 0.5) is 11.8 Å². The Labute approximate surface area is 475 Å². The highest BCUT2D eigenvalue weighted by Crippen LogP contribution is 2.50. The summed E-state index contributed by atoms with van der Waals surface area (Å²) in [6.45, 7) is 6.84. The number of methoxy groups -OCH3 is 4. The first-order valence-corrected chi connectivity index (χ1v) is 29.1. The fraction of sp³-hybridized carbons (Fsp3) is 0.306. The summed E-state index contributed by atoms with van der Waals surface area (Å²) in [6.07, 6.45) is -3.12. The number of thiophene rings is 1. The van der Waals surface area contributed by atoms with E-state index in [9.17, 15) is 19.6 Å². The van der Waals surface area contributed by atoms with Gasteiger partial charge in [0.25, 0.3) is 0 Å². The first-order chi connectivity index (χ1) is 38.6. The number of thioether (sulfide) groups is 1. The van der Waals surface area contributed by atoms with E-state index in [2.05, 4.69) is 22.8 Å². The third-order valence-corrected chi connectivity index (χ3v) is 17.9. The fourth-order valence-corrected chi connectivity index (χ4v) is 12.7. The smallest absolute Gasteiger partial charge is 0.497 e. The molecule has 80 heavy (non-hydrogen) atoms. The molecule has 5 atom stereocenters. The summed E-state index contributed by atoms with van der Waals surface area (Å²) in [4.78, 5) is 24.0. The Morgan fingerprint density at radius 2 is 1.11 bits per heavy atom. The number of aliphatic hydroxyl groups is 2. The van der Waals surface area contributed by atoms with Crippen LogP contribution in [0.2, 0.25) is 0 Å². The average Bonchev–Trinajstić information content (AvgIpc) is 4.21. The van der Waals surface area contributed by atoms with Gasteiger partial charge in [0.2, 0.25) is 5.95 Å². The van der Waals surface area contributed by atoms with Crippen LogP contribution in [-0.2, 0) is 34.2 Å². The summed E-state index contributed by atoms with van der Waals surface area (Å²) in [7, 11) is 3.85. The molecule has 0 bridgehead atoms. The van der Waals surface area contributed by atoms with Crippen LogP contribution >= 0.6 is 31.4 Å². The molecular formula is C62H66N4O11PS2+. The van der Waals surface area contributed by atoms with Gasteiger partial charge in [-0.2, -0.15) is 4.98 Å². The number of hydrogen-bond donors (Lipinski definition) is 4. The lowest BCUT2D eigenvalue weighted by atomic mass is 9.76. The number of rotatable bonds is 24. The Morgan fingerprint density at radius 3 is 1.55 bits per heavy atom. The third kappa shape index (κ3) is 11.7. The Morgan fingerprint density at radius 1 is 0.675 bits per heavy atom. The maximum absolute atomic E-state index is 13.1. The molecule has 0 saturated carbocycles. The molecule has 15 nitrogen and oxygen atoms in total. The molecule has 9 rings (SSSR count). The van der Waals surface area contributed by atoms with Crippen molar-refractivity contribution in [2.24, 2.45) is 5.41 Å². The van der Waals surface area contributed by atoms with Crippen LogP contribution in [0.5, 0.6) is 23.0 Å². The predicted octanol–water partition coefficient (Wildman–Crippen LogP) is 12.5. The molecule has 1 aliphatic heterocycles. The predicted molar refractivity (Wildman–Crippen MR) is 315 cm³/mol. The van der Waals surface area contributed by atoms with Gasteiger partial charge in [-0.1, -0.05) is 142 Å². The van der Waals surface area contributed by atoms with Crippen LogP contribution < -0.4 is 29.6 Å². The van der Waals surface area contributed by atoms with E-state index in [0.29, 0.717) is 51.0 Å². The molecule has 8 aromatic rings. The molecule has 0 aliphatic carbocycles. The van der Waals surface area contributed by atoms with Gasteiger partial charge in [0.15, 0.2) is 5.12 Å². The van der Waals surface area contributed by atoms with Crippen LogP contribution in [0.1, 0.15) is 78.5 Å². The molecule has 1 unspecified atom stereocenters. The van der Waals surface area contributed by atoms with Gasteiger partial charge < -0.3 is 44.5 Å².